The Morgan fingerprint density at radius 2 is 2.30 bits per heavy atom. The first-order chi connectivity index (χ1) is 4.62. The topological polar surface area (TPSA) is 69.1 Å². The maximum absolute atomic E-state index is 10.9. The Morgan fingerprint density at radius 1 is 1.60 bits per heavy atom. The van der Waals surface area contributed by atoms with Gasteiger partial charge in [-0.05, 0) is 0 Å². The zero-order valence-electron chi connectivity index (χ0n) is 5.63. The monoisotopic (exact) mass is 138 g/mol. The third-order valence-corrected chi connectivity index (χ3v) is 2.38. The van der Waals surface area contributed by atoms with Crippen molar-refractivity contribution in [2.75, 3.05) is 0 Å². The van der Waals surface area contributed by atoms with Gasteiger partial charge in [-0.25, -0.2) is 0 Å². The lowest BCUT2D eigenvalue weighted by atomic mass is 9.68. The summed E-state index contributed by atoms with van der Waals surface area (Å²) in [6.07, 6.45) is 3.00. The second-order valence-electron chi connectivity index (χ2n) is 3.27. The van der Waals surface area contributed by atoms with Crippen LogP contribution in [0.2, 0.25) is 0 Å². The summed E-state index contributed by atoms with van der Waals surface area (Å²) in [5.41, 5.74) is 11.9. The van der Waals surface area contributed by atoms with Crippen molar-refractivity contribution in [1.82, 2.24) is 0 Å². The molecular formula is C7H10N2O. The number of Topliss-reactive ketones (excluding diaryl/α,β-unsaturated/α-hetero) is 1. The molecule has 10 heavy (non-hydrogen) atoms. The molecule has 2 atom stereocenters. The van der Waals surface area contributed by atoms with Crippen LogP contribution >= 0.6 is 0 Å². The number of carbonyl (C=O) groups is 1. The first kappa shape index (κ1) is 5.92. The van der Waals surface area contributed by atoms with E-state index in [0.717, 1.165) is 5.70 Å². The molecule has 2 aliphatic carbocycles. The predicted octanol–water partition coefficient (Wildman–Crippen LogP) is -0.481. The van der Waals surface area contributed by atoms with Crippen LogP contribution in [0.4, 0.5) is 0 Å². The fraction of sp³-hybridized carbons (Fsp3) is 0.571. The minimum absolute atomic E-state index is 0.0625. The minimum Gasteiger partial charge on any atom is -0.402 e. The molecule has 3 heteroatoms. The Kier molecular flexibility index (Phi) is 0.843. The fourth-order valence-electron chi connectivity index (χ4n) is 1.82. The van der Waals surface area contributed by atoms with Crippen molar-refractivity contribution < 1.29 is 4.79 Å². The van der Waals surface area contributed by atoms with Gasteiger partial charge in [-0.15, -0.1) is 0 Å². The molecule has 54 valence electrons. The van der Waals surface area contributed by atoms with Gasteiger partial charge in [-0.1, -0.05) is 6.08 Å². The van der Waals surface area contributed by atoms with Crippen molar-refractivity contribution >= 4 is 5.78 Å². The molecule has 0 aromatic heterocycles. The van der Waals surface area contributed by atoms with Gasteiger partial charge in [0.05, 0.1) is 5.92 Å². The van der Waals surface area contributed by atoms with Gasteiger partial charge in [-0.2, -0.15) is 0 Å². The van der Waals surface area contributed by atoms with Crippen molar-refractivity contribution in [2.24, 2.45) is 17.4 Å². The highest BCUT2D eigenvalue weighted by Crippen LogP contribution is 2.43. The molecule has 0 amide bonds. The van der Waals surface area contributed by atoms with Crippen LogP contribution in [0, 0.1) is 5.92 Å². The lowest BCUT2D eigenvalue weighted by Gasteiger charge is -2.39. The van der Waals surface area contributed by atoms with Crippen LogP contribution in [-0.4, -0.2) is 11.3 Å². The van der Waals surface area contributed by atoms with Crippen LogP contribution in [0.25, 0.3) is 0 Å². The van der Waals surface area contributed by atoms with Crippen molar-refractivity contribution in [2.45, 2.75) is 18.4 Å². The molecule has 1 fully saturated rings. The van der Waals surface area contributed by atoms with E-state index in [1.165, 1.54) is 0 Å². The molecule has 4 N–H and O–H groups in total. The van der Waals surface area contributed by atoms with Crippen molar-refractivity contribution in [3.05, 3.63) is 11.8 Å². The normalized spacial score (nSPS) is 44.3. The van der Waals surface area contributed by atoms with E-state index in [2.05, 4.69) is 0 Å². The highest BCUT2D eigenvalue weighted by molar-refractivity contribution is 5.93. The van der Waals surface area contributed by atoms with Gasteiger partial charge in [0.1, 0.15) is 5.78 Å². The summed E-state index contributed by atoms with van der Waals surface area (Å²) < 4.78 is 0. The number of fused-ring (bicyclic) bond motifs is 1. The molecule has 0 unspecified atom stereocenters. The molecule has 0 saturated heterocycles. The summed E-state index contributed by atoms with van der Waals surface area (Å²) >= 11 is 0. The highest BCUT2D eigenvalue weighted by atomic mass is 16.1. The molecule has 0 bridgehead atoms. The molecule has 0 aromatic carbocycles. The molecule has 1 saturated carbocycles. The number of rotatable bonds is 0. The third-order valence-electron chi connectivity index (χ3n) is 2.38. The number of ketones is 1. The van der Waals surface area contributed by atoms with E-state index in [1.54, 1.807) is 6.08 Å². The molecule has 0 radical (unpaired) electrons. The predicted molar refractivity (Wildman–Crippen MR) is 36.9 cm³/mol. The van der Waals surface area contributed by atoms with Crippen LogP contribution in [0.1, 0.15) is 12.8 Å². The maximum atomic E-state index is 10.9. The summed E-state index contributed by atoms with van der Waals surface area (Å²) in [4.78, 5) is 10.9. The van der Waals surface area contributed by atoms with Crippen LogP contribution < -0.4 is 11.5 Å². The van der Waals surface area contributed by atoms with E-state index < -0.39 is 0 Å². The molecule has 0 aromatic rings. The molecular weight excluding hydrogens is 128 g/mol. The molecule has 0 spiro atoms. The first-order valence-corrected chi connectivity index (χ1v) is 3.40. The second-order valence-corrected chi connectivity index (χ2v) is 3.27. The maximum Gasteiger partial charge on any atom is 0.143 e. The Balaban J connectivity index is 2.29. The van der Waals surface area contributed by atoms with Crippen molar-refractivity contribution in [3.8, 4) is 0 Å². The fourth-order valence-corrected chi connectivity index (χ4v) is 1.82. The van der Waals surface area contributed by atoms with Gasteiger partial charge in [0.15, 0.2) is 0 Å². The highest BCUT2D eigenvalue weighted by Gasteiger charge is 2.52. The number of hydrogen-bond donors (Lipinski definition) is 2. The zero-order valence-corrected chi connectivity index (χ0v) is 5.63. The van der Waals surface area contributed by atoms with Crippen molar-refractivity contribution in [1.29, 1.82) is 0 Å². The van der Waals surface area contributed by atoms with E-state index in [9.17, 15) is 4.79 Å². The minimum atomic E-state index is -0.291. The lowest BCUT2D eigenvalue weighted by Crippen LogP contribution is -2.58. The molecule has 0 heterocycles. The van der Waals surface area contributed by atoms with E-state index in [4.69, 9.17) is 11.5 Å². The standard InChI is InChI=1S/C7H10N2O/c8-4-1-5-6(10)3-7(5,9)2-4/h1,5H,2-3,8-9H2/t5-,7-/m0/s1. The van der Waals surface area contributed by atoms with Crippen LogP contribution in [-0.2, 0) is 4.79 Å². The van der Waals surface area contributed by atoms with Gasteiger partial charge in [0.2, 0.25) is 0 Å². The Labute approximate surface area is 59.1 Å². The number of hydrogen-bond acceptors (Lipinski definition) is 3. The summed E-state index contributed by atoms with van der Waals surface area (Å²) in [6.45, 7) is 0. The summed E-state index contributed by atoms with van der Waals surface area (Å²) in [6, 6.07) is 0. The van der Waals surface area contributed by atoms with E-state index in [-0.39, 0.29) is 17.2 Å². The summed E-state index contributed by atoms with van der Waals surface area (Å²) in [5.74, 6) is 0.176. The van der Waals surface area contributed by atoms with E-state index in [0.29, 0.717) is 12.8 Å². The largest absolute Gasteiger partial charge is 0.402 e. The lowest BCUT2D eigenvalue weighted by molar-refractivity contribution is -0.132. The van der Waals surface area contributed by atoms with Gasteiger partial charge in [0.25, 0.3) is 0 Å². The van der Waals surface area contributed by atoms with E-state index >= 15 is 0 Å². The molecule has 0 aliphatic heterocycles. The Morgan fingerprint density at radius 3 is 2.70 bits per heavy atom. The van der Waals surface area contributed by atoms with Crippen LogP contribution in [0.5, 0.6) is 0 Å². The van der Waals surface area contributed by atoms with Crippen LogP contribution in [0.3, 0.4) is 0 Å². The molecule has 2 aliphatic rings. The Bertz CT molecular complexity index is 234. The van der Waals surface area contributed by atoms with E-state index in [1.807, 2.05) is 0 Å². The third kappa shape index (κ3) is 0.508. The van der Waals surface area contributed by atoms with Gasteiger partial charge < -0.3 is 11.5 Å². The zero-order chi connectivity index (χ0) is 7.35. The average molecular weight is 138 g/mol. The smallest absolute Gasteiger partial charge is 0.143 e. The Hall–Kier alpha value is -0.830. The molecule has 3 nitrogen and oxygen atoms in total. The van der Waals surface area contributed by atoms with Crippen molar-refractivity contribution in [3.63, 3.8) is 0 Å². The second kappa shape index (κ2) is 1.42. The first-order valence-electron chi connectivity index (χ1n) is 3.40. The van der Waals surface area contributed by atoms with Gasteiger partial charge >= 0.3 is 0 Å². The SMILES string of the molecule is NC1=C[C@H]2C(=O)C[C@@]2(N)C1. The number of nitrogens with two attached hydrogens (primary N) is 2. The summed E-state index contributed by atoms with van der Waals surface area (Å²) in [5, 5.41) is 0. The number of carbonyl (C=O) groups excluding carboxylic acids is 1. The molecule has 2 rings (SSSR count). The average Bonchev–Trinajstić information content (AvgIpc) is 2.03. The van der Waals surface area contributed by atoms with Crippen LogP contribution in [0.15, 0.2) is 11.8 Å². The van der Waals surface area contributed by atoms with Gasteiger partial charge in [0, 0.05) is 24.1 Å². The quantitative estimate of drug-likeness (QED) is 0.475. The summed E-state index contributed by atoms with van der Waals surface area (Å²) in [7, 11) is 0. The van der Waals surface area contributed by atoms with Gasteiger partial charge in [-0.3, -0.25) is 4.79 Å².